The summed E-state index contributed by atoms with van der Waals surface area (Å²) in [6.07, 6.45) is 1.74. The molecule has 120 valence electrons. The topological polar surface area (TPSA) is 105 Å². The van der Waals surface area contributed by atoms with Gasteiger partial charge in [0.25, 0.3) is 0 Å². The van der Waals surface area contributed by atoms with E-state index in [1.165, 1.54) is 12.3 Å². The van der Waals surface area contributed by atoms with Crippen molar-refractivity contribution in [2.75, 3.05) is 18.1 Å². The van der Waals surface area contributed by atoms with Gasteiger partial charge in [-0.2, -0.15) is 5.10 Å². The van der Waals surface area contributed by atoms with E-state index in [9.17, 15) is 18.3 Å². The van der Waals surface area contributed by atoms with E-state index in [1.807, 2.05) is 0 Å². The average molecular weight is 326 g/mol. The number of phenolic OH excluding ortho intramolecular Hbond substituents is 1. The van der Waals surface area contributed by atoms with Crippen LogP contribution < -0.4 is 10.2 Å². The van der Waals surface area contributed by atoms with Gasteiger partial charge in [0.15, 0.2) is 21.3 Å². The highest BCUT2D eigenvalue weighted by atomic mass is 32.2. The molecule has 1 aromatic carbocycles. The number of nitrogens with one attached hydrogen (secondary N) is 1. The molecule has 0 bridgehead atoms. The Hall–Kier alpha value is -2.09. The van der Waals surface area contributed by atoms with E-state index in [4.69, 9.17) is 4.74 Å². The zero-order valence-corrected chi connectivity index (χ0v) is 13.0. The summed E-state index contributed by atoms with van der Waals surface area (Å²) in [5.74, 6) is -0.659. The number of phenols is 1. The van der Waals surface area contributed by atoms with Crippen LogP contribution in [0.2, 0.25) is 0 Å². The molecular formula is C14H18N2O5S. The number of nitrogens with zero attached hydrogens (tertiary/aromatic N) is 1. The molecule has 1 saturated heterocycles. The molecular weight excluding hydrogens is 308 g/mol. The predicted octanol–water partition coefficient (Wildman–Crippen LogP) is 0.676. The Morgan fingerprint density at radius 3 is 2.95 bits per heavy atom. The van der Waals surface area contributed by atoms with Crippen molar-refractivity contribution < 1.29 is 23.1 Å². The number of hydrogen-bond donors (Lipinski definition) is 2. The number of rotatable bonds is 5. The van der Waals surface area contributed by atoms with E-state index in [0.717, 1.165) is 0 Å². The number of amides is 1. The lowest BCUT2D eigenvalue weighted by molar-refractivity contribution is -0.124. The molecule has 1 aliphatic rings. The summed E-state index contributed by atoms with van der Waals surface area (Å²) >= 11 is 0. The lowest BCUT2D eigenvalue weighted by atomic mass is 10.1. The van der Waals surface area contributed by atoms with Gasteiger partial charge in [0.1, 0.15) is 0 Å². The second-order valence-electron chi connectivity index (χ2n) is 4.99. The average Bonchev–Trinajstić information content (AvgIpc) is 2.83. The predicted molar refractivity (Wildman–Crippen MR) is 81.8 cm³/mol. The molecule has 0 spiro atoms. The Bertz CT molecular complexity index is 684. The first-order chi connectivity index (χ1) is 10.4. The van der Waals surface area contributed by atoms with E-state index in [1.54, 1.807) is 19.1 Å². The van der Waals surface area contributed by atoms with Crippen LogP contribution in [0.4, 0.5) is 0 Å². The third-order valence-electron chi connectivity index (χ3n) is 3.28. The second kappa shape index (κ2) is 6.78. The maximum Gasteiger partial charge on any atom is 0.244 e. The first-order valence-corrected chi connectivity index (χ1v) is 8.72. The van der Waals surface area contributed by atoms with Gasteiger partial charge in [-0.1, -0.05) is 0 Å². The van der Waals surface area contributed by atoms with Crippen LogP contribution in [-0.4, -0.2) is 43.8 Å². The number of hydrogen-bond acceptors (Lipinski definition) is 6. The normalized spacial score (nSPS) is 20.1. The van der Waals surface area contributed by atoms with Crippen molar-refractivity contribution in [2.45, 2.75) is 13.3 Å². The molecule has 7 nitrogen and oxygen atoms in total. The van der Waals surface area contributed by atoms with Crippen LogP contribution in [0.3, 0.4) is 0 Å². The van der Waals surface area contributed by atoms with Crippen LogP contribution in [0.5, 0.6) is 11.5 Å². The van der Waals surface area contributed by atoms with E-state index < -0.39 is 21.7 Å². The van der Waals surface area contributed by atoms with Crippen LogP contribution in [0, 0.1) is 5.92 Å². The van der Waals surface area contributed by atoms with Crippen molar-refractivity contribution in [1.29, 1.82) is 0 Å². The Morgan fingerprint density at radius 2 is 2.32 bits per heavy atom. The smallest absolute Gasteiger partial charge is 0.244 e. The number of hydrazone groups is 1. The van der Waals surface area contributed by atoms with Gasteiger partial charge < -0.3 is 9.84 Å². The fourth-order valence-corrected chi connectivity index (χ4v) is 3.89. The van der Waals surface area contributed by atoms with Crippen molar-refractivity contribution in [3.05, 3.63) is 23.8 Å². The lowest BCUT2D eigenvalue weighted by Crippen LogP contribution is -2.27. The van der Waals surface area contributed by atoms with Crippen molar-refractivity contribution in [3.8, 4) is 11.5 Å². The third kappa shape index (κ3) is 4.20. The van der Waals surface area contributed by atoms with E-state index in [2.05, 4.69) is 10.5 Å². The van der Waals surface area contributed by atoms with Crippen LogP contribution in [0.15, 0.2) is 23.3 Å². The molecule has 0 radical (unpaired) electrons. The van der Waals surface area contributed by atoms with Gasteiger partial charge in [0.05, 0.1) is 30.2 Å². The summed E-state index contributed by atoms with van der Waals surface area (Å²) < 4.78 is 27.9. The molecule has 0 aromatic heterocycles. The molecule has 2 rings (SSSR count). The van der Waals surface area contributed by atoms with E-state index in [0.29, 0.717) is 24.3 Å². The molecule has 1 aromatic rings. The summed E-state index contributed by atoms with van der Waals surface area (Å²) in [5.41, 5.74) is 2.98. The highest BCUT2D eigenvalue weighted by Crippen LogP contribution is 2.26. The Balaban J connectivity index is 1.95. The highest BCUT2D eigenvalue weighted by molar-refractivity contribution is 7.91. The minimum atomic E-state index is -3.09. The van der Waals surface area contributed by atoms with Crippen LogP contribution >= 0.6 is 0 Å². The largest absolute Gasteiger partial charge is 0.504 e. The molecule has 1 fully saturated rings. The Morgan fingerprint density at radius 1 is 1.55 bits per heavy atom. The van der Waals surface area contributed by atoms with E-state index in [-0.39, 0.29) is 17.3 Å². The molecule has 1 amide bonds. The minimum absolute atomic E-state index is 0.0270. The van der Waals surface area contributed by atoms with Gasteiger partial charge in [-0.3, -0.25) is 4.79 Å². The Kier molecular flexibility index (Phi) is 5.02. The lowest BCUT2D eigenvalue weighted by Gasteiger charge is -2.06. The minimum Gasteiger partial charge on any atom is -0.504 e. The molecule has 1 heterocycles. The summed E-state index contributed by atoms with van der Waals surface area (Å²) in [7, 11) is -3.09. The fraction of sp³-hybridized carbons (Fsp3) is 0.429. The van der Waals surface area contributed by atoms with Gasteiger partial charge >= 0.3 is 0 Å². The van der Waals surface area contributed by atoms with Crippen LogP contribution in [0.1, 0.15) is 18.9 Å². The zero-order valence-electron chi connectivity index (χ0n) is 12.2. The standard InChI is InChI=1S/C14H18N2O5S/c1-2-21-13-7-10(3-4-12(13)17)8-15-16-14(18)11-5-6-22(19,20)9-11/h3-4,7-8,11,17H,2,5-6,9H2,1H3,(H,16,18)/b15-8+/t11-/m1/s1. The van der Waals surface area contributed by atoms with E-state index >= 15 is 0 Å². The Labute approximate surface area is 128 Å². The molecule has 22 heavy (non-hydrogen) atoms. The first-order valence-electron chi connectivity index (χ1n) is 6.90. The monoisotopic (exact) mass is 326 g/mol. The summed E-state index contributed by atoms with van der Waals surface area (Å²) in [6, 6.07) is 4.68. The number of aromatic hydroxyl groups is 1. The second-order valence-corrected chi connectivity index (χ2v) is 7.22. The molecule has 8 heteroatoms. The summed E-state index contributed by atoms with van der Waals surface area (Å²) in [6.45, 7) is 2.22. The van der Waals surface area contributed by atoms with Gasteiger partial charge in [-0.25, -0.2) is 13.8 Å². The van der Waals surface area contributed by atoms with Crippen LogP contribution in [-0.2, 0) is 14.6 Å². The number of carbonyl (C=O) groups excluding carboxylic acids is 1. The quantitative estimate of drug-likeness (QED) is 0.611. The number of carbonyl (C=O) groups is 1. The van der Waals surface area contributed by atoms with Crippen molar-refractivity contribution in [2.24, 2.45) is 11.0 Å². The summed E-state index contributed by atoms with van der Waals surface area (Å²) in [5, 5.41) is 13.4. The molecule has 0 saturated carbocycles. The molecule has 0 unspecified atom stereocenters. The first kappa shape index (κ1) is 16.3. The third-order valence-corrected chi connectivity index (χ3v) is 5.04. The van der Waals surface area contributed by atoms with Crippen LogP contribution in [0.25, 0.3) is 0 Å². The summed E-state index contributed by atoms with van der Waals surface area (Å²) in [4.78, 5) is 11.8. The maximum absolute atomic E-state index is 11.8. The zero-order chi connectivity index (χ0) is 16.2. The molecule has 1 atom stereocenters. The number of benzene rings is 1. The van der Waals surface area contributed by atoms with Crippen molar-refractivity contribution in [1.82, 2.24) is 5.43 Å². The maximum atomic E-state index is 11.8. The molecule has 1 aliphatic heterocycles. The molecule has 2 N–H and O–H groups in total. The highest BCUT2D eigenvalue weighted by Gasteiger charge is 2.32. The number of sulfone groups is 1. The fourth-order valence-electron chi connectivity index (χ4n) is 2.15. The van der Waals surface area contributed by atoms with Gasteiger partial charge in [0.2, 0.25) is 5.91 Å². The van der Waals surface area contributed by atoms with Gasteiger partial charge in [0, 0.05) is 0 Å². The number of ether oxygens (including phenoxy) is 1. The van der Waals surface area contributed by atoms with Gasteiger partial charge in [-0.05, 0) is 37.1 Å². The SMILES string of the molecule is CCOc1cc(/C=N/NC(=O)[C@@H]2CCS(=O)(=O)C2)ccc1O. The molecule has 0 aliphatic carbocycles. The van der Waals surface area contributed by atoms with Crippen molar-refractivity contribution in [3.63, 3.8) is 0 Å². The van der Waals surface area contributed by atoms with Gasteiger partial charge in [-0.15, -0.1) is 0 Å². The van der Waals surface area contributed by atoms with Crippen molar-refractivity contribution >= 4 is 22.0 Å².